The third-order valence-electron chi connectivity index (χ3n) is 9.06. The number of carbonyl (C=O) groups is 1. The van der Waals surface area contributed by atoms with Crippen LogP contribution in [-0.4, -0.2) is 64.7 Å². The number of carbonyl (C=O) groups excluding carboxylic acids is 1. The minimum atomic E-state index is -1.00. The van der Waals surface area contributed by atoms with Gasteiger partial charge >= 0.3 is 5.97 Å². The first-order chi connectivity index (χ1) is 23.8. The zero-order valence-electron chi connectivity index (χ0n) is 30.9. The first kappa shape index (κ1) is 36.8. The van der Waals surface area contributed by atoms with E-state index in [1.807, 2.05) is 50.4 Å². The standard InChI is InChI=1S/C41H52N4O5/c1-11-14-28(4)49-34-24-27(3)17-18-32(34)30-15-13-16-31(25-30)33-26-35-42-29(5)36(37(39(46)47-10)50-40(6,7)8)38(45(35)43-33)44-21-19-41(9,20-22-44)48-23-12-2/h11-13,15-18,24-26,28,37H,1-2,14,19-23H2,3-10H3/t28-,37?/m0/s1. The third-order valence-corrected chi connectivity index (χ3v) is 9.06. The molecular weight excluding hydrogens is 628 g/mol. The molecule has 0 aliphatic carbocycles. The van der Waals surface area contributed by atoms with Crippen molar-refractivity contribution in [1.82, 2.24) is 14.6 Å². The molecule has 1 unspecified atom stereocenters. The molecule has 9 nitrogen and oxygen atoms in total. The molecule has 50 heavy (non-hydrogen) atoms. The van der Waals surface area contributed by atoms with Crippen molar-refractivity contribution in [2.45, 2.75) is 91.1 Å². The van der Waals surface area contributed by atoms with Crippen molar-refractivity contribution in [2.75, 3.05) is 31.7 Å². The van der Waals surface area contributed by atoms with Crippen LogP contribution in [0.1, 0.15) is 76.8 Å². The van der Waals surface area contributed by atoms with E-state index in [2.05, 4.69) is 75.2 Å². The number of anilines is 1. The van der Waals surface area contributed by atoms with Crippen molar-refractivity contribution in [2.24, 2.45) is 0 Å². The molecule has 9 heteroatoms. The zero-order chi connectivity index (χ0) is 36.2. The van der Waals surface area contributed by atoms with Crippen LogP contribution >= 0.6 is 0 Å². The fourth-order valence-electron chi connectivity index (χ4n) is 6.46. The van der Waals surface area contributed by atoms with Crippen LogP contribution in [0.25, 0.3) is 28.0 Å². The normalized spacial score (nSPS) is 15.8. The average molecular weight is 681 g/mol. The van der Waals surface area contributed by atoms with Crippen LogP contribution in [0.2, 0.25) is 0 Å². The molecule has 3 heterocycles. The maximum atomic E-state index is 13.4. The molecule has 1 aliphatic heterocycles. The van der Waals surface area contributed by atoms with E-state index in [1.165, 1.54) is 7.11 Å². The molecule has 0 spiro atoms. The lowest BCUT2D eigenvalue weighted by molar-refractivity contribution is -0.164. The summed E-state index contributed by atoms with van der Waals surface area (Å²) in [4.78, 5) is 20.7. The molecule has 0 N–H and O–H groups in total. The minimum Gasteiger partial charge on any atom is -0.490 e. The fourth-order valence-corrected chi connectivity index (χ4v) is 6.46. The van der Waals surface area contributed by atoms with Crippen LogP contribution in [-0.2, 0) is 19.0 Å². The average Bonchev–Trinajstić information content (AvgIpc) is 3.49. The lowest BCUT2D eigenvalue weighted by atomic mass is 9.92. The summed E-state index contributed by atoms with van der Waals surface area (Å²) in [5, 5.41) is 5.17. The second kappa shape index (κ2) is 15.2. The summed E-state index contributed by atoms with van der Waals surface area (Å²) in [6, 6.07) is 16.6. The molecule has 2 aromatic carbocycles. The summed E-state index contributed by atoms with van der Waals surface area (Å²) >= 11 is 0. The Hall–Kier alpha value is -4.47. The Bertz CT molecular complexity index is 1850. The molecule has 1 fully saturated rings. The number of aromatic nitrogens is 3. The van der Waals surface area contributed by atoms with Crippen molar-refractivity contribution in [3.63, 3.8) is 0 Å². The summed E-state index contributed by atoms with van der Waals surface area (Å²) in [7, 11) is 1.38. The Balaban J connectivity index is 1.64. The summed E-state index contributed by atoms with van der Waals surface area (Å²) in [5.74, 6) is 1.11. The highest BCUT2D eigenvalue weighted by molar-refractivity contribution is 5.81. The quantitative estimate of drug-likeness (QED) is 0.103. The van der Waals surface area contributed by atoms with Crippen LogP contribution in [0.3, 0.4) is 0 Å². The largest absolute Gasteiger partial charge is 0.490 e. The lowest BCUT2D eigenvalue weighted by Crippen LogP contribution is -2.45. The second-order valence-corrected chi connectivity index (χ2v) is 14.4. The Kier molecular flexibility index (Phi) is 11.2. The van der Waals surface area contributed by atoms with Crippen LogP contribution in [0.4, 0.5) is 5.82 Å². The maximum absolute atomic E-state index is 13.4. The van der Waals surface area contributed by atoms with E-state index in [0.717, 1.165) is 58.8 Å². The van der Waals surface area contributed by atoms with E-state index < -0.39 is 17.7 Å². The topological polar surface area (TPSA) is 87.4 Å². The number of hydrogen-bond acceptors (Lipinski definition) is 8. The van der Waals surface area contributed by atoms with Gasteiger partial charge in [-0.3, -0.25) is 0 Å². The van der Waals surface area contributed by atoms with Gasteiger partial charge < -0.3 is 23.8 Å². The first-order valence-corrected chi connectivity index (χ1v) is 17.4. The van der Waals surface area contributed by atoms with Gasteiger partial charge in [-0.15, -0.1) is 13.2 Å². The maximum Gasteiger partial charge on any atom is 0.339 e. The molecule has 0 amide bonds. The Morgan fingerprint density at radius 2 is 1.76 bits per heavy atom. The van der Waals surface area contributed by atoms with Crippen LogP contribution in [0.5, 0.6) is 5.75 Å². The molecule has 266 valence electrons. The van der Waals surface area contributed by atoms with Gasteiger partial charge in [-0.2, -0.15) is 9.61 Å². The van der Waals surface area contributed by atoms with E-state index in [9.17, 15) is 4.79 Å². The highest BCUT2D eigenvalue weighted by Crippen LogP contribution is 2.39. The first-order valence-electron chi connectivity index (χ1n) is 17.4. The molecule has 0 radical (unpaired) electrons. The van der Waals surface area contributed by atoms with Gasteiger partial charge in [0.25, 0.3) is 0 Å². The number of methoxy groups -OCH3 is 1. The Morgan fingerprint density at radius 3 is 2.42 bits per heavy atom. The summed E-state index contributed by atoms with van der Waals surface area (Å²) < 4.78 is 26.1. The van der Waals surface area contributed by atoms with Crippen molar-refractivity contribution in [3.8, 4) is 28.1 Å². The number of aryl methyl sites for hydroxylation is 2. The van der Waals surface area contributed by atoms with Crippen molar-refractivity contribution >= 4 is 17.4 Å². The molecule has 0 bridgehead atoms. The van der Waals surface area contributed by atoms with Gasteiger partial charge in [0.15, 0.2) is 11.8 Å². The lowest BCUT2D eigenvalue weighted by Gasteiger charge is -2.41. The van der Waals surface area contributed by atoms with Gasteiger partial charge in [0.1, 0.15) is 11.6 Å². The van der Waals surface area contributed by atoms with Crippen LogP contribution < -0.4 is 9.64 Å². The van der Waals surface area contributed by atoms with Gasteiger partial charge in [-0.1, -0.05) is 42.5 Å². The Labute approximate surface area is 296 Å². The SMILES string of the molecule is C=CCOC1(C)CCN(c2c(C(OC(C)(C)C)C(=O)OC)c(C)nc3cc(-c4cccc(-c5ccc(C)cc5O[C@@H](C)CC=C)c4)nn23)CC1. The van der Waals surface area contributed by atoms with E-state index in [-0.39, 0.29) is 11.7 Å². The van der Waals surface area contributed by atoms with Crippen molar-refractivity contribution < 1.29 is 23.7 Å². The van der Waals surface area contributed by atoms with Gasteiger partial charge in [0.05, 0.1) is 42.3 Å². The van der Waals surface area contributed by atoms with Crippen molar-refractivity contribution in [1.29, 1.82) is 0 Å². The van der Waals surface area contributed by atoms with E-state index in [1.54, 1.807) is 6.08 Å². The third kappa shape index (κ3) is 8.28. The fraction of sp³-hybridized carbons (Fsp3) is 0.439. The molecule has 1 aliphatic rings. The highest BCUT2D eigenvalue weighted by Gasteiger charge is 2.38. The van der Waals surface area contributed by atoms with Gasteiger partial charge in [0, 0.05) is 42.4 Å². The van der Waals surface area contributed by atoms with Crippen LogP contribution in [0, 0.1) is 13.8 Å². The zero-order valence-corrected chi connectivity index (χ0v) is 30.9. The molecule has 2 aromatic heterocycles. The highest BCUT2D eigenvalue weighted by atomic mass is 16.6. The predicted molar refractivity (Wildman–Crippen MR) is 200 cm³/mol. The van der Waals surface area contributed by atoms with Gasteiger partial charge in [0.2, 0.25) is 0 Å². The molecule has 0 saturated carbocycles. The van der Waals surface area contributed by atoms with Gasteiger partial charge in [-0.25, -0.2) is 9.78 Å². The second-order valence-electron chi connectivity index (χ2n) is 14.4. The number of piperidine rings is 1. The minimum absolute atomic E-state index is 0.00566. The number of rotatable bonds is 13. The van der Waals surface area contributed by atoms with Crippen LogP contribution in [0.15, 0.2) is 73.8 Å². The molecule has 1 saturated heterocycles. The number of fused-ring (bicyclic) bond motifs is 1. The number of hydrogen-bond donors (Lipinski definition) is 0. The number of nitrogens with zero attached hydrogens (tertiary/aromatic N) is 4. The number of esters is 1. The van der Waals surface area contributed by atoms with E-state index >= 15 is 0 Å². The number of ether oxygens (including phenoxy) is 4. The van der Waals surface area contributed by atoms with E-state index in [4.69, 9.17) is 29.0 Å². The van der Waals surface area contributed by atoms with Gasteiger partial charge in [-0.05, 0) is 84.6 Å². The van der Waals surface area contributed by atoms with Crippen molar-refractivity contribution in [3.05, 3.63) is 90.7 Å². The smallest absolute Gasteiger partial charge is 0.339 e. The van der Waals surface area contributed by atoms with E-state index in [0.29, 0.717) is 36.6 Å². The molecule has 2 atom stereocenters. The number of benzene rings is 2. The predicted octanol–water partition coefficient (Wildman–Crippen LogP) is 8.61. The summed E-state index contributed by atoms with van der Waals surface area (Å²) in [6.07, 6.45) is 4.98. The molecule has 5 rings (SSSR count). The summed E-state index contributed by atoms with van der Waals surface area (Å²) in [5.41, 5.74) is 5.93. The Morgan fingerprint density at radius 1 is 1.04 bits per heavy atom. The monoisotopic (exact) mass is 680 g/mol. The summed E-state index contributed by atoms with van der Waals surface area (Å²) in [6.45, 7) is 23.5. The molecular formula is C41H52N4O5. The molecule has 4 aromatic rings.